The molecule has 118 valence electrons. The molecule has 0 fully saturated rings. The van der Waals surface area contributed by atoms with Crippen molar-refractivity contribution in [3.63, 3.8) is 0 Å². The van der Waals surface area contributed by atoms with Gasteiger partial charge in [0, 0.05) is 30.9 Å². The minimum atomic E-state index is -3.56. The Morgan fingerprint density at radius 1 is 1.14 bits per heavy atom. The van der Waals surface area contributed by atoms with Gasteiger partial charge in [-0.2, -0.15) is 0 Å². The molecule has 0 aliphatic heterocycles. The molecule has 0 bridgehead atoms. The minimum absolute atomic E-state index is 0.000766. The van der Waals surface area contributed by atoms with Crippen LogP contribution < -0.4 is 10.0 Å². The van der Waals surface area contributed by atoms with Crippen molar-refractivity contribution < 1.29 is 13.3 Å². The van der Waals surface area contributed by atoms with Crippen LogP contribution in [0.25, 0.3) is 0 Å². The Kier molecular flexibility index (Phi) is 5.35. The number of nitrogens with one attached hydrogen (secondary N) is 2. The zero-order chi connectivity index (χ0) is 16.2. The number of nitrogens with zero attached hydrogens (tertiary/aromatic N) is 1. The Balaban J connectivity index is 1.83. The maximum Gasteiger partial charge on any atom is 0.269 e. The van der Waals surface area contributed by atoms with E-state index in [2.05, 4.69) is 10.0 Å². The van der Waals surface area contributed by atoms with Crippen molar-refractivity contribution >= 4 is 44.3 Å². The fourth-order valence-electron chi connectivity index (χ4n) is 1.61. The molecule has 0 aliphatic rings. The number of benzene rings is 1. The highest BCUT2D eigenvalue weighted by Gasteiger charge is 2.15. The molecule has 10 heteroatoms. The number of rotatable bonds is 7. The number of nitro groups is 1. The lowest BCUT2D eigenvalue weighted by Crippen LogP contribution is -2.28. The van der Waals surface area contributed by atoms with Crippen LogP contribution in [-0.4, -0.2) is 26.4 Å². The number of thiophene rings is 1. The van der Waals surface area contributed by atoms with Crippen LogP contribution >= 0.6 is 22.9 Å². The van der Waals surface area contributed by atoms with Crippen molar-refractivity contribution in [3.05, 3.63) is 50.8 Å². The number of sulfonamides is 1. The highest BCUT2D eigenvalue weighted by molar-refractivity contribution is 7.91. The standard InChI is InChI=1S/C12H12ClN3O4S2/c13-11-5-6-12(21-11)22(19,20)15-8-7-14-9-1-3-10(4-2-9)16(17)18/h1-6,14-15H,7-8H2. The number of hydrogen-bond acceptors (Lipinski definition) is 6. The molecule has 0 aliphatic carbocycles. The van der Waals surface area contributed by atoms with E-state index in [9.17, 15) is 18.5 Å². The van der Waals surface area contributed by atoms with E-state index in [1.807, 2.05) is 0 Å². The summed E-state index contributed by atoms with van der Waals surface area (Å²) in [7, 11) is -3.56. The summed E-state index contributed by atoms with van der Waals surface area (Å²) in [6, 6.07) is 8.84. The summed E-state index contributed by atoms with van der Waals surface area (Å²) in [6.45, 7) is 0.519. The topological polar surface area (TPSA) is 101 Å². The van der Waals surface area contributed by atoms with Crippen molar-refractivity contribution in [1.82, 2.24) is 4.72 Å². The molecule has 0 saturated heterocycles. The highest BCUT2D eigenvalue weighted by Crippen LogP contribution is 2.25. The molecular weight excluding hydrogens is 350 g/mol. The summed E-state index contributed by atoms with van der Waals surface area (Å²) in [6.07, 6.45) is 0. The van der Waals surface area contributed by atoms with Crippen LogP contribution in [0.15, 0.2) is 40.6 Å². The predicted octanol–water partition coefficient (Wildman–Crippen LogP) is 2.70. The smallest absolute Gasteiger partial charge is 0.269 e. The molecular formula is C12H12ClN3O4S2. The van der Waals surface area contributed by atoms with Crippen LogP contribution in [-0.2, 0) is 10.0 Å². The lowest BCUT2D eigenvalue weighted by molar-refractivity contribution is -0.384. The van der Waals surface area contributed by atoms with E-state index in [1.165, 1.54) is 24.3 Å². The van der Waals surface area contributed by atoms with Gasteiger partial charge < -0.3 is 5.32 Å². The van der Waals surface area contributed by atoms with E-state index >= 15 is 0 Å². The Morgan fingerprint density at radius 3 is 2.36 bits per heavy atom. The molecule has 1 aromatic heterocycles. The predicted molar refractivity (Wildman–Crippen MR) is 86.1 cm³/mol. The lowest BCUT2D eigenvalue weighted by atomic mass is 10.3. The van der Waals surface area contributed by atoms with E-state index in [0.29, 0.717) is 16.6 Å². The molecule has 0 unspecified atom stereocenters. The average Bonchev–Trinajstić information content (AvgIpc) is 2.92. The summed E-state index contributed by atoms with van der Waals surface area (Å²) in [5.74, 6) is 0. The third-order valence-corrected chi connectivity index (χ3v) is 5.82. The van der Waals surface area contributed by atoms with Gasteiger partial charge in [-0.3, -0.25) is 10.1 Å². The van der Waals surface area contributed by atoms with E-state index < -0.39 is 14.9 Å². The number of non-ortho nitro benzene ring substituents is 1. The summed E-state index contributed by atoms with van der Waals surface area (Å²) in [5, 5.41) is 13.5. The van der Waals surface area contributed by atoms with Crippen LogP contribution in [0.3, 0.4) is 0 Å². The monoisotopic (exact) mass is 361 g/mol. The normalized spacial score (nSPS) is 11.3. The molecule has 0 amide bonds. The summed E-state index contributed by atoms with van der Waals surface area (Å²) in [5.41, 5.74) is 0.671. The third kappa shape index (κ3) is 4.41. The van der Waals surface area contributed by atoms with Crippen LogP contribution in [0, 0.1) is 10.1 Å². The zero-order valence-electron chi connectivity index (χ0n) is 11.2. The summed E-state index contributed by atoms with van der Waals surface area (Å²) < 4.78 is 26.8. The Labute approximate surface area is 136 Å². The van der Waals surface area contributed by atoms with Gasteiger partial charge in [0.25, 0.3) is 5.69 Å². The van der Waals surface area contributed by atoms with Gasteiger partial charge in [0.1, 0.15) is 4.21 Å². The zero-order valence-corrected chi connectivity index (χ0v) is 13.5. The molecule has 2 rings (SSSR count). The van der Waals surface area contributed by atoms with Gasteiger partial charge in [0.15, 0.2) is 0 Å². The molecule has 7 nitrogen and oxygen atoms in total. The van der Waals surface area contributed by atoms with E-state index in [4.69, 9.17) is 11.6 Å². The maximum absolute atomic E-state index is 11.9. The number of anilines is 1. The Morgan fingerprint density at radius 2 is 1.82 bits per heavy atom. The second-order valence-corrected chi connectivity index (χ2v) is 7.90. The number of halogens is 1. The van der Waals surface area contributed by atoms with Gasteiger partial charge in [0.2, 0.25) is 10.0 Å². The first-order valence-corrected chi connectivity index (χ1v) is 8.79. The third-order valence-electron chi connectivity index (χ3n) is 2.64. The van der Waals surface area contributed by atoms with Crippen molar-refractivity contribution in [3.8, 4) is 0 Å². The van der Waals surface area contributed by atoms with Gasteiger partial charge in [-0.05, 0) is 24.3 Å². The first kappa shape index (κ1) is 16.7. The van der Waals surface area contributed by atoms with Gasteiger partial charge in [0.05, 0.1) is 9.26 Å². The first-order valence-electron chi connectivity index (χ1n) is 6.12. The number of hydrogen-bond donors (Lipinski definition) is 2. The summed E-state index contributed by atoms with van der Waals surface area (Å²) in [4.78, 5) is 10.0. The molecule has 2 N–H and O–H groups in total. The van der Waals surface area contributed by atoms with Crippen molar-refractivity contribution in [2.45, 2.75) is 4.21 Å². The molecule has 0 saturated carbocycles. The van der Waals surface area contributed by atoms with Gasteiger partial charge in [-0.1, -0.05) is 11.6 Å². The maximum atomic E-state index is 11.9. The Hall–Kier alpha value is -1.68. The first-order chi connectivity index (χ1) is 10.4. The van der Waals surface area contributed by atoms with Crippen LogP contribution in [0.4, 0.5) is 11.4 Å². The SMILES string of the molecule is O=[N+]([O-])c1ccc(NCCNS(=O)(=O)c2ccc(Cl)s2)cc1. The average molecular weight is 362 g/mol. The van der Waals surface area contributed by atoms with E-state index in [0.717, 1.165) is 11.3 Å². The largest absolute Gasteiger partial charge is 0.384 e. The fourth-order valence-corrected chi connectivity index (χ4v) is 4.17. The molecule has 22 heavy (non-hydrogen) atoms. The second kappa shape index (κ2) is 7.05. The van der Waals surface area contributed by atoms with Crippen molar-refractivity contribution in [2.75, 3.05) is 18.4 Å². The van der Waals surface area contributed by atoms with Crippen molar-refractivity contribution in [2.24, 2.45) is 0 Å². The molecule has 2 aromatic rings. The fraction of sp³-hybridized carbons (Fsp3) is 0.167. The molecule has 1 heterocycles. The van der Waals surface area contributed by atoms with Crippen LogP contribution in [0.2, 0.25) is 4.34 Å². The molecule has 0 spiro atoms. The Bertz CT molecular complexity index is 759. The van der Waals surface area contributed by atoms with Gasteiger partial charge in [-0.15, -0.1) is 11.3 Å². The van der Waals surface area contributed by atoms with Crippen LogP contribution in [0.1, 0.15) is 0 Å². The molecule has 0 radical (unpaired) electrons. The lowest BCUT2D eigenvalue weighted by Gasteiger charge is -2.07. The highest BCUT2D eigenvalue weighted by atomic mass is 35.5. The summed E-state index contributed by atoms with van der Waals surface area (Å²) >= 11 is 6.69. The number of nitro benzene ring substituents is 1. The molecule has 1 aromatic carbocycles. The van der Waals surface area contributed by atoms with Crippen molar-refractivity contribution in [1.29, 1.82) is 0 Å². The van der Waals surface area contributed by atoms with E-state index in [-0.39, 0.29) is 16.4 Å². The quantitative estimate of drug-likeness (QED) is 0.448. The second-order valence-electron chi connectivity index (χ2n) is 4.19. The van der Waals surface area contributed by atoms with E-state index in [1.54, 1.807) is 12.1 Å². The minimum Gasteiger partial charge on any atom is -0.384 e. The molecule has 0 atom stereocenters. The van der Waals surface area contributed by atoms with Gasteiger partial charge in [-0.25, -0.2) is 13.1 Å². The van der Waals surface area contributed by atoms with Gasteiger partial charge >= 0.3 is 0 Å². The van der Waals surface area contributed by atoms with Crippen LogP contribution in [0.5, 0.6) is 0 Å².